The smallest absolute Gasteiger partial charge is 0.337 e. The number of aromatic nitrogens is 1. The van der Waals surface area contributed by atoms with Crippen LogP contribution < -0.4 is 0 Å². The third-order valence-electron chi connectivity index (χ3n) is 4.23. The van der Waals surface area contributed by atoms with Gasteiger partial charge in [0.05, 0.1) is 35.8 Å². The molecule has 1 aliphatic rings. The van der Waals surface area contributed by atoms with Crippen molar-refractivity contribution >= 4 is 38.3 Å². The molecule has 1 aromatic carbocycles. The predicted molar refractivity (Wildman–Crippen MR) is 95.4 cm³/mol. The van der Waals surface area contributed by atoms with E-state index in [0.29, 0.717) is 30.9 Å². The lowest BCUT2D eigenvalue weighted by Gasteiger charge is -2.15. The molecule has 1 saturated heterocycles. The quantitative estimate of drug-likeness (QED) is 0.796. The maximum Gasteiger partial charge on any atom is 0.337 e. The van der Waals surface area contributed by atoms with Gasteiger partial charge >= 0.3 is 5.97 Å². The molecule has 1 aromatic heterocycles. The van der Waals surface area contributed by atoms with Gasteiger partial charge in [0.1, 0.15) is 0 Å². The first-order chi connectivity index (χ1) is 12.3. The summed E-state index contributed by atoms with van der Waals surface area (Å²) in [6.07, 6.45) is 3.12. The van der Waals surface area contributed by atoms with Crippen molar-refractivity contribution in [2.24, 2.45) is 5.92 Å². The second kappa shape index (κ2) is 7.48. The van der Waals surface area contributed by atoms with Crippen molar-refractivity contribution in [3.63, 3.8) is 0 Å². The number of nitrogens with zero attached hydrogens (tertiary/aromatic N) is 1. The standard InChI is InChI=1S/C17H18ClNO6S/c1-26(22,23)16-12-4-11(17(20)21)6-19-15(12)5-14(18)13(16)9-25-8-10-2-3-24-7-10/h4-6,10H,2-3,7-9H2,1H3,(H,20,21). The molecule has 3 rings (SSSR count). The van der Waals surface area contributed by atoms with Gasteiger partial charge in [-0.25, -0.2) is 13.2 Å². The van der Waals surface area contributed by atoms with Crippen LogP contribution in [0.2, 0.25) is 5.02 Å². The monoisotopic (exact) mass is 399 g/mol. The maximum atomic E-state index is 12.4. The Labute approximate surface area is 155 Å². The number of hydrogen-bond acceptors (Lipinski definition) is 6. The third-order valence-corrected chi connectivity index (χ3v) is 5.78. The minimum atomic E-state index is -3.70. The van der Waals surface area contributed by atoms with E-state index < -0.39 is 15.8 Å². The van der Waals surface area contributed by atoms with Gasteiger partial charge < -0.3 is 14.6 Å². The van der Waals surface area contributed by atoms with Crippen LogP contribution in [0.25, 0.3) is 10.9 Å². The van der Waals surface area contributed by atoms with E-state index >= 15 is 0 Å². The molecule has 0 amide bonds. The van der Waals surface area contributed by atoms with Crippen molar-refractivity contribution in [3.8, 4) is 0 Å². The molecule has 1 N–H and O–H groups in total. The Morgan fingerprint density at radius 1 is 1.46 bits per heavy atom. The number of benzene rings is 1. The Balaban J connectivity index is 2.04. The topological polar surface area (TPSA) is 103 Å². The molecule has 1 atom stereocenters. The van der Waals surface area contributed by atoms with Gasteiger partial charge in [0.25, 0.3) is 0 Å². The number of aromatic carboxylic acids is 1. The van der Waals surface area contributed by atoms with E-state index in [0.717, 1.165) is 12.7 Å². The molecule has 0 aliphatic carbocycles. The van der Waals surface area contributed by atoms with Gasteiger partial charge in [-0.1, -0.05) is 11.6 Å². The highest BCUT2D eigenvalue weighted by Gasteiger charge is 2.23. The molecule has 0 bridgehead atoms. The van der Waals surface area contributed by atoms with Crippen molar-refractivity contribution in [1.29, 1.82) is 0 Å². The number of halogens is 1. The number of carboxylic acid groups (broad SMARTS) is 1. The van der Waals surface area contributed by atoms with Crippen LogP contribution in [0.15, 0.2) is 23.2 Å². The highest BCUT2D eigenvalue weighted by molar-refractivity contribution is 7.91. The summed E-state index contributed by atoms with van der Waals surface area (Å²) in [5.74, 6) is -0.913. The Morgan fingerprint density at radius 3 is 2.85 bits per heavy atom. The second-order valence-electron chi connectivity index (χ2n) is 6.28. The number of fused-ring (bicyclic) bond motifs is 1. The van der Waals surface area contributed by atoms with E-state index in [1.54, 1.807) is 0 Å². The molecule has 0 radical (unpaired) electrons. The van der Waals surface area contributed by atoms with Crippen molar-refractivity contribution in [1.82, 2.24) is 4.98 Å². The van der Waals surface area contributed by atoms with Crippen molar-refractivity contribution in [2.45, 2.75) is 17.9 Å². The van der Waals surface area contributed by atoms with Crippen molar-refractivity contribution < 1.29 is 27.8 Å². The number of sulfone groups is 1. The zero-order valence-corrected chi connectivity index (χ0v) is 15.6. The highest BCUT2D eigenvalue weighted by Crippen LogP contribution is 2.33. The first-order valence-electron chi connectivity index (χ1n) is 7.97. The van der Waals surface area contributed by atoms with Gasteiger partial charge in [0.15, 0.2) is 9.84 Å². The Morgan fingerprint density at radius 2 is 2.23 bits per heavy atom. The summed E-state index contributed by atoms with van der Waals surface area (Å²) in [6, 6.07) is 2.82. The summed E-state index contributed by atoms with van der Waals surface area (Å²) in [4.78, 5) is 15.2. The van der Waals surface area contributed by atoms with Crippen LogP contribution in [0, 0.1) is 5.92 Å². The number of carbonyl (C=O) groups is 1. The number of ether oxygens (including phenoxy) is 2. The van der Waals surface area contributed by atoms with E-state index in [1.165, 1.54) is 18.3 Å². The largest absolute Gasteiger partial charge is 0.478 e. The minimum absolute atomic E-state index is 0.00494. The van der Waals surface area contributed by atoms with Crippen LogP contribution in [0.3, 0.4) is 0 Å². The summed E-state index contributed by atoms with van der Waals surface area (Å²) in [7, 11) is -3.70. The Hall–Kier alpha value is -1.74. The second-order valence-corrected chi connectivity index (χ2v) is 8.64. The molecule has 0 spiro atoms. The van der Waals surface area contributed by atoms with Gasteiger partial charge in [-0.15, -0.1) is 0 Å². The van der Waals surface area contributed by atoms with Crippen molar-refractivity contribution in [2.75, 3.05) is 26.1 Å². The van der Waals surface area contributed by atoms with Gasteiger partial charge in [-0.05, 0) is 18.6 Å². The SMILES string of the molecule is CS(=O)(=O)c1c(COCC2CCOC2)c(Cl)cc2ncc(C(=O)O)cc12. The van der Waals surface area contributed by atoms with Gasteiger partial charge in [-0.2, -0.15) is 0 Å². The van der Waals surface area contributed by atoms with Crippen LogP contribution in [-0.2, 0) is 25.9 Å². The van der Waals surface area contributed by atoms with Gasteiger partial charge in [0, 0.05) is 40.9 Å². The molecule has 9 heteroatoms. The fraction of sp³-hybridized carbons (Fsp3) is 0.412. The molecular formula is C17H18ClNO6S. The Bertz CT molecular complexity index is 953. The van der Waals surface area contributed by atoms with Gasteiger partial charge in [0.2, 0.25) is 0 Å². The van der Waals surface area contributed by atoms with Crippen LogP contribution in [0.5, 0.6) is 0 Å². The number of carboxylic acids is 1. The lowest BCUT2D eigenvalue weighted by Crippen LogP contribution is -2.12. The molecule has 26 heavy (non-hydrogen) atoms. The molecule has 2 heterocycles. The molecule has 1 fully saturated rings. The summed E-state index contributed by atoms with van der Waals surface area (Å²) in [5.41, 5.74) is 0.526. The fourth-order valence-electron chi connectivity index (χ4n) is 2.97. The lowest BCUT2D eigenvalue weighted by molar-refractivity contribution is 0.0696. The molecule has 2 aromatic rings. The molecule has 7 nitrogen and oxygen atoms in total. The van der Waals surface area contributed by atoms with Crippen molar-refractivity contribution in [3.05, 3.63) is 34.5 Å². The fourth-order valence-corrected chi connectivity index (χ4v) is 4.46. The van der Waals surface area contributed by atoms with Crippen LogP contribution in [-0.4, -0.2) is 50.6 Å². The summed E-state index contributed by atoms with van der Waals surface area (Å²) < 4.78 is 35.8. The Kier molecular flexibility index (Phi) is 5.47. The zero-order valence-electron chi connectivity index (χ0n) is 14.1. The molecule has 140 valence electrons. The number of hydrogen-bond donors (Lipinski definition) is 1. The van der Waals surface area contributed by atoms with Crippen LogP contribution in [0.1, 0.15) is 22.3 Å². The maximum absolute atomic E-state index is 12.4. The number of rotatable bonds is 6. The highest BCUT2D eigenvalue weighted by atomic mass is 35.5. The third kappa shape index (κ3) is 3.98. The first kappa shape index (κ1) is 19.0. The average Bonchev–Trinajstić information content (AvgIpc) is 3.06. The molecule has 1 unspecified atom stereocenters. The summed E-state index contributed by atoms with van der Waals surface area (Å²) in [5, 5.41) is 9.61. The number of pyridine rings is 1. The van der Waals surface area contributed by atoms with Crippen LogP contribution in [0.4, 0.5) is 0 Å². The average molecular weight is 400 g/mol. The lowest BCUT2D eigenvalue weighted by atomic mass is 10.1. The van der Waals surface area contributed by atoms with Gasteiger partial charge in [-0.3, -0.25) is 4.98 Å². The predicted octanol–water partition coefficient (Wildman–Crippen LogP) is 2.54. The molecular weight excluding hydrogens is 382 g/mol. The van der Waals surface area contributed by atoms with E-state index in [1.807, 2.05) is 0 Å². The molecule has 0 saturated carbocycles. The van der Waals surface area contributed by atoms with E-state index in [-0.39, 0.29) is 33.4 Å². The summed E-state index contributed by atoms with van der Waals surface area (Å²) in [6.45, 7) is 1.76. The summed E-state index contributed by atoms with van der Waals surface area (Å²) >= 11 is 6.29. The van der Waals surface area contributed by atoms with E-state index in [2.05, 4.69) is 4.98 Å². The first-order valence-corrected chi connectivity index (χ1v) is 10.2. The van der Waals surface area contributed by atoms with E-state index in [4.69, 9.17) is 21.1 Å². The normalized spacial score (nSPS) is 17.7. The van der Waals surface area contributed by atoms with Crippen LogP contribution >= 0.6 is 11.6 Å². The van der Waals surface area contributed by atoms with E-state index in [9.17, 15) is 18.3 Å². The zero-order chi connectivity index (χ0) is 18.9. The minimum Gasteiger partial charge on any atom is -0.478 e. The molecule has 1 aliphatic heterocycles.